The number of carboxylic acids is 1. The highest BCUT2D eigenvalue weighted by Crippen LogP contribution is 2.34. The van der Waals surface area contributed by atoms with Crippen molar-refractivity contribution in [3.05, 3.63) is 29.8 Å². The molecular weight excluding hydrogens is 242 g/mol. The van der Waals surface area contributed by atoms with E-state index in [0.29, 0.717) is 0 Å². The quantitative estimate of drug-likeness (QED) is 0.830. The SMILES string of the molecule is CNC(c1ccc(OC(C)C)cc1)C(C)(C)C(=O)O. The maximum absolute atomic E-state index is 11.3. The first-order valence-corrected chi connectivity index (χ1v) is 6.46. The number of hydrogen-bond donors (Lipinski definition) is 2. The van der Waals surface area contributed by atoms with Crippen LogP contribution >= 0.6 is 0 Å². The number of ether oxygens (including phenoxy) is 1. The minimum absolute atomic E-state index is 0.126. The van der Waals surface area contributed by atoms with E-state index in [1.54, 1.807) is 20.9 Å². The van der Waals surface area contributed by atoms with E-state index in [-0.39, 0.29) is 12.1 Å². The van der Waals surface area contributed by atoms with Crippen LogP contribution in [-0.4, -0.2) is 24.2 Å². The highest BCUT2D eigenvalue weighted by atomic mass is 16.5. The number of benzene rings is 1. The van der Waals surface area contributed by atoms with Crippen molar-refractivity contribution in [2.24, 2.45) is 5.41 Å². The van der Waals surface area contributed by atoms with Gasteiger partial charge in [-0.3, -0.25) is 4.79 Å². The van der Waals surface area contributed by atoms with Gasteiger partial charge in [-0.2, -0.15) is 0 Å². The van der Waals surface area contributed by atoms with Crippen LogP contribution in [0.2, 0.25) is 0 Å². The number of aliphatic carboxylic acids is 1. The average Bonchev–Trinajstić information content (AvgIpc) is 2.31. The molecule has 1 aromatic carbocycles. The van der Waals surface area contributed by atoms with E-state index >= 15 is 0 Å². The lowest BCUT2D eigenvalue weighted by molar-refractivity contribution is -0.148. The fourth-order valence-electron chi connectivity index (χ4n) is 2.08. The summed E-state index contributed by atoms with van der Waals surface area (Å²) in [6, 6.07) is 7.31. The van der Waals surface area contributed by atoms with Gasteiger partial charge < -0.3 is 15.2 Å². The Morgan fingerprint density at radius 2 is 1.79 bits per heavy atom. The summed E-state index contributed by atoms with van der Waals surface area (Å²) < 4.78 is 5.58. The third-order valence-electron chi connectivity index (χ3n) is 3.15. The summed E-state index contributed by atoms with van der Waals surface area (Å²) in [5, 5.41) is 12.4. The van der Waals surface area contributed by atoms with Gasteiger partial charge in [0.15, 0.2) is 0 Å². The maximum Gasteiger partial charge on any atom is 0.311 e. The lowest BCUT2D eigenvalue weighted by atomic mass is 9.80. The molecule has 106 valence electrons. The number of carboxylic acid groups (broad SMARTS) is 1. The van der Waals surface area contributed by atoms with E-state index in [0.717, 1.165) is 11.3 Å². The number of carbonyl (C=O) groups is 1. The summed E-state index contributed by atoms with van der Waals surface area (Å²) in [6.45, 7) is 7.37. The molecule has 0 amide bonds. The van der Waals surface area contributed by atoms with Crippen molar-refractivity contribution in [2.75, 3.05) is 7.05 Å². The summed E-state index contributed by atoms with van der Waals surface area (Å²) in [4.78, 5) is 11.3. The first-order chi connectivity index (χ1) is 8.78. The molecule has 0 fully saturated rings. The van der Waals surface area contributed by atoms with E-state index in [1.165, 1.54) is 0 Å². The molecule has 1 unspecified atom stereocenters. The van der Waals surface area contributed by atoms with Crippen molar-refractivity contribution in [1.29, 1.82) is 0 Å². The molecule has 0 heterocycles. The second kappa shape index (κ2) is 6.06. The summed E-state index contributed by atoms with van der Waals surface area (Å²) in [7, 11) is 1.77. The first kappa shape index (κ1) is 15.5. The zero-order chi connectivity index (χ0) is 14.6. The fraction of sp³-hybridized carbons (Fsp3) is 0.533. The molecule has 0 aromatic heterocycles. The van der Waals surface area contributed by atoms with Gasteiger partial charge in [-0.05, 0) is 52.4 Å². The molecule has 1 aromatic rings. The molecule has 0 spiro atoms. The van der Waals surface area contributed by atoms with Gasteiger partial charge in [0.25, 0.3) is 0 Å². The van der Waals surface area contributed by atoms with Crippen molar-refractivity contribution in [3.63, 3.8) is 0 Å². The van der Waals surface area contributed by atoms with Gasteiger partial charge in [0.2, 0.25) is 0 Å². The van der Waals surface area contributed by atoms with E-state index < -0.39 is 11.4 Å². The highest BCUT2D eigenvalue weighted by Gasteiger charge is 2.36. The Bertz CT molecular complexity index is 424. The monoisotopic (exact) mass is 265 g/mol. The summed E-state index contributed by atoms with van der Waals surface area (Å²) >= 11 is 0. The molecule has 1 rings (SSSR count). The predicted molar refractivity (Wildman–Crippen MR) is 75.4 cm³/mol. The van der Waals surface area contributed by atoms with Crippen molar-refractivity contribution in [2.45, 2.75) is 39.8 Å². The van der Waals surface area contributed by atoms with Gasteiger partial charge >= 0.3 is 5.97 Å². The Balaban J connectivity index is 2.97. The van der Waals surface area contributed by atoms with Crippen LogP contribution in [0.25, 0.3) is 0 Å². The zero-order valence-corrected chi connectivity index (χ0v) is 12.2. The largest absolute Gasteiger partial charge is 0.491 e. The highest BCUT2D eigenvalue weighted by molar-refractivity contribution is 5.75. The van der Waals surface area contributed by atoms with E-state index in [4.69, 9.17) is 4.74 Å². The number of hydrogen-bond acceptors (Lipinski definition) is 3. The number of rotatable bonds is 6. The van der Waals surface area contributed by atoms with Crippen molar-refractivity contribution < 1.29 is 14.6 Å². The van der Waals surface area contributed by atoms with E-state index in [9.17, 15) is 9.90 Å². The summed E-state index contributed by atoms with van der Waals surface area (Å²) in [5.41, 5.74) is 0.0563. The molecule has 0 radical (unpaired) electrons. The van der Waals surface area contributed by atoms with Crippen molar-refractivity contribution in [3.8, 4) is 5.75 Å². The Kier molecular flexibility index (Phi) is 4.95. The average molecular weight is 265 g/mol. The molecule has 4 nitrogen and oxygen atoms in total. The van der Waals surface area contributed by atoms with Gasteiger partial charge in [0.05, 0.1) is 11.5 Å². The molecule has 2 N–H and O–H groups in total. The Morgan fingerprint density at radius 3 is 2.16 bits per heavy atom. The molecule has 19 heavy (non-hydrogen) atoms. The summed E-state index contributed by atoms with van der Waals surface area (Å²) in [6.07, 6.45) is 0.126. The van der Waals surface area contributed by atoms with Crippen LogP contribution in [0.15, 0.2) is 24.3 Å². The van der Waals surface area contributed by atoms with Gasteiger partial charge in [-0.25, -0.2) is 0 Å². The Morgan fingerprint density at radius 1 is 1.26 bits per heavy atom. The minimum Gasteiger partial charge on any atom is -0.491 e. The zero-order valence-electron chi connectivity index (χ0n) is 12.2. The van der Waals surface area contributed by atoms with Crippen LogP contribution in [0.5, 0.6) is 5.75 Å². The van der Waals surface area contributed by atoms with Crippen LogP contribution in [0.1, 0.15) is 39.3 Å². The van der Waals surface area contributed by atoms with Crippen LogP contribution in [-0.2, 0) is 4.79 Å². The summed E-state index contributed by atoms with van der Waals surface area (Å²) in [5.74, 6) is -0.0314. The predicted octanol–water partition coefficient (Wildman–Crippen LogP) is 2.85. The second-order valence-corrected chi connectivity index (χ2v) is 5.48. The van der Waals surface area contributed by atoms with E-state index in [1.807, 2.05) is 38.1 Å². The van der Waals surface area contributed by atoms with E-state index in [2.05, 4.69) is 5.32 Å². The minimum atomic E-state index is -0.880. The molecule has 1 atom stereocenters. The topological polar surface area (TPSA) is 58.6 Å². The molecule has 0 saturated heterocycles. The van der Waals surface area contributed by atoms with Crippen LogP contribution < -0.4 is 10.1 Å². The smallest absolute Gasteiger partial charge is 0.311 e. The van der Waals surface area contributed by atoms with Crippen LogP contribution in [0.4, 0.5) is 0 Å². The molecule has 4 heteroatoms. The van der Waals surface area contributed by atoms with Crippen LogP contribution in [0.3, 0.4) is 0 Å². The molecular formula is C15H23NO3. The molecule has 0 bridgehead atoms. The van der Waals surface area contributed by atoms with Gasteiger partial charge in [-0.1, -0.05) is 12.1 Å². The van der Waals surface area contributed by atoms with Crippen molar-refractivity contribution >= 4 is 5.97 Å². The Labute approximate surface area is 114 Å². The normalized spacial score (nSPS) is 13.4. The van der Waals surface area contributed by atoms with Gasteiger partial charge in [-0.15, -0.1) is 0 Å². The van der Waals surface area contributed by atoms with Gasteiger partial charge in [0, 0.05) is 6.04 Å². The lowest BCUT2D eigenvalue weighted by Crippen LogP contribution is -2.38. The maximum atomic E-state index is 11.3. The first-order valence-electron chi connectivity index (χ1n) is 6.46. The fourth-order valence-corrected chi connectivity index (χ4v) is 2.08. The lowest BCUT2D eigenvalue weighted by Gasteiger charge is -2.30. The second-order valence-electron chi connectivity index (χ2n) is 5.48. The molecule has 0 aliphatic heterocycles. The molecule has 0 saturated carbocycles. The van der Waals surface area contributed by atoms with Crippen LogP contribution in [0, 0.1) is 5.41 Å². The Hall–Kier alpha value is -1.55. The molecule has 0 aliphatic carbocycles. The standard InChI is InChI=1S/C15H23NO3/c1-10(2)19-12-8-6-11(7-9-12)13(16-5)15(3,4)14(17)18/h6-10,13,16H,1-5H3,(H,17,18). The molecule has 0 aliphatic rings. The third-order valence-corrected chi connectivity index (χ3v) is 3.15. The van der Waals surface area contributed by atoms with Crippen molar-refractivity contribution in [1.82, 2.24) is 5.32 Å². The number of nitrogens with one attached hydrogen (secondary N) is 1. The van der Waals surface area contributed by atoms with Gasteiger partial charge in [0.1, 0.15) is 5.75 Å². The third kappa shape index (κ3) is 3.70.